The van der Waals surface area contributed by atoms with E-state index in [9.17, 15) is 9.90 Å². The number of aliphatic hydroxyl groups excluding tert-OH is 1. The first-order valence-electron chi connectivity index (χ1n) is 5.91. The molecule has 1 N–H and O–H groups in total. The number of halogens is 2. The van der Waals surface area contributed by atoms with Crippen LogP contribution in [0.25, 0.3) is 0 Å². The average molecular weight is 397 g/mol. The summed E-state index contributed by atoms with van der Waals surface area (Å²) in [5.41, 5.74) is 0.724. The van der Waals surface area contributed by atoms with E-state index >= 15 is 0 Å². The highest BCUT2D eigenvalue weighted by atomic mass is 79.9. The number of rotatable bonds is 2. The number of nitrogens with zero attached hydrogens (tertiary/aromatic N) is 1. The Morgan fingerprint density at radius 2 is 2.11 bits per heavy atom. The van der Waals surface area contributed by atoms with Crippen LogP contribution in [0.3, 0.4) is 0 Å². The molecule has 0 saturated carbocycles. The first kappa shape index (κ1) is 14.5. The zero-order valence-electron chi connectivity index (χ0n) is 10.0. The molecular formula is C12H15Br2NO2S. The lowest BCUT2D eigenvalue weighted by Crippen LogP contribution is -2.40. The van der Waals surface area contributed by atoms with Crippen LogP contribution in [0.2, 0.25) is 0 Å². The Kier molecular flexibility index (Phi) is 4.86. The maximum Gasteiger partial charge on any atom is 0.255 e. The van der Waals surface area contributed by atoms with Crippen molar-refractivity contribution < 1.29 is 9.90 Å². The number of carbonyl (C=O) groups is 1. The van der Waals surface area contributed by atoms with E-state index in [4.69, 9.17) is 0 Å². The number of hydrogen-bond acceptors (Lipinski definition) is 3. The van der Waals surface area contributed by atoms with Crippen LogP contribution in [-0.2, 0) is 0 Å². The van der Waals surface area contributed by atoms with Crippen LogP contribution in [0.15, 0.2) is 13.6 Å². The highest BCUT2D eigenvalue weighted by molar-refractivity contribution is 9.12. The summed E-state index contributed by atoms with van der Waals surface area (Å²) in [5, 5.41) is 9.55. The zero-order chi connectivity index (χ0) is 13.3. The Bertz CT molecular complexity index is 439. The fourth-order valence-corrected chi connectivity index (χ4v) is 5.02. The fraction of sp³-hybridized carbons (Fsp3) is 0.583. The van der Waals surface area contributed by atoms with Crippen LogP contribution in [0.5, 0.6) is 0 Å². The Balaban J connectivity index is 2.02. The molecule has 1 aliphatic rings. The Hall–Kier alpha value is 0.0900. The smallest absolute Gasteiger partial charge is 0.255 e. The minimum atomic E-state index is -0.274. The van der Waals surface area contributed by atoms with Gasteiger partial charge in [0.2, 0.25) is 0 Å². The van der Waals surface area contributed by atoms with Gasteiger partial charge in [-0.15, -0.1) is 11.3 Å². The standard InChI is InChI=1S/C12H15Br2NO2S/c1-7(16)8-2-4-15(5-3-8)12(17)9-6-10(13)18-11(9)14/h6-8,16H,2-5H2,1H3. The zero-order valence-corrected chi connectivity index (χ0v) is 14.0. The van der Waals surface area contributed by atoms with Crippen LogP contribution in [0, 0.1) is 5.92 Å². The largest absolute Gasteiger partial charge is 0.393 e. The van der Waals surface area contributed by atoms with E-state index in [1.165, 1.54) is 11.3 Å². The van der Waals surface area contributed by atoms with Crippen molar-refractivity contribution in [1.82, 2.24) is 4.90 Å². The van der Waals surface area contributed by atoms with Gasteiger partial charge in [-0.1, -0.05) is 0 Å². The molecule has 0 aliphatic carbocycles. The van der Waals surface area contributed by atoms with E-state index in [2.05, 4.69) is 31.9 Å². The molecule has 1 aromatic heterocycles. The molecule has 1 fully saturated rings. The van der Waals surface area contributed by atoms with Crippen LogP contribution in [0.1, 0.15) is 30.1 Å². The molecular weight excluding hydrogens is 382 g/mol. The van der Waals surface area contributed by atoms with Gasteiger partial charge in [-0.25, -0.2) is 0 Å². The summed E-state index contributed by atoms with van der Waals surface area (Å²) in [6, 6.07) is 1.86. The van der Waals surface area contributed by atoms with Gasteiger partial charge in [0.1, 0.15) is 0 Å². The molecule has 1 saturated heterocycles. The number of piperidine rings is 1. The maximum absolute atomic E-state index is 12.3. The van der Waals surface area contributed by atoms with Gasteiger partial charge in [-0.2, -0.15) is 0 Å². The van der Waals surface area contributed by atoms with Crippen LogP contribution >= 0.6 is 43.2 Å². The summed E-state index contributed by atoms with van der Waals surface area (Å²) in [6.07, 6.45) is 1.49. The lowest BCUT2D eigenvalue weighted by molar-refractivity contribution is 0.0521. The van der Waals surface area contributed by atoms with Crippen LogP contribution in [-0.4, -0.2) is 35.1 Å². The van der Waals surface area contributed by atoms with Gasteiger partial charge in [0.25, 0.3) is 5.91 Å². The normalized spacial score (nSPS) is 19.0. The van der Waals surface area contributed by atoms with E-state index in [0.29, 0.717) is 5.92 Å². The molecule has 100 valence electrons. The Morgan fingerprint density at radius 1 is 1.50 bits per heavy atom. The van der Waals surface area contributed by atoms with E-state index < -0.39 is 0 Å². The third kappa shape index (κ3) is 3.15. The Labute approximate surface area is 127 Å². The third-order valence-corrected chi connectivity index (χ3v) is 5.74. The van der Waals surface area contributed by atoms with Gasteiger partial charge in [0.15, 0.2) is 0 Å². The second-order valence-electron chi connectivity index (χ2n) is 4.61. The molecule has 1 aromatic rings. The molecule has 1 unspecified atom stereocenters. The molecule has 2 rings (SSSR count). The van der Waals surface area contributed by atoms with Crippen molar-refractivity contribution >= 4 is 49.1 Å². The molecule has 0 aromatic carbocycles. The molecule has 3 nitrogen and oxygen atoms in total. The second-order valence-corrected chi connectivity index (χ2v) is 8.36. The van der Waals surface area contributed by atoms with Crippen LogP contribution in [0.4, 0.5) is 0 Å². The third-order valence-electron chi connectivity index (χ3n) is 3.40. The molecule has 1 atom stereocenters. The van der Waals surface area contributed by atoms with Crippen molar-refractivity contribution in [3.05, 3.63) is 19.2 Å². The van der Waals surface area contributed by atoms with Crippen molar-refractivity contribution in [1.29, 1.82) is 0 Å². The van der Waals surface area contributed by atoms with E-state index in [0.717, 1.165) is 39.1 Å². The monoisotopic (exact) mass is 395 g/mol. The summed E-state index contributed by atoms with van der Waals surface area (Å²) in [7, 11) is 0. The van der Waals surface area contributed by atoms with Crippen LogP contribution < -0.4 is 0 Å². The van der Waals surface area contributed by atoms with Crippen molar-refractivity contribution in [2.75, 3.05) is 13.1 Å². The maximum atomic E-state index is 12.3. The molecule has 6 heteroatoms. The van der Waals surface area contributed by atoms with Gasteiger partial charge >= 0.3 is 0 Å². The molecule has 1 aliphatic heterocycles. The number of thiophene rings is 1. The molecule has 0 spiro atoms. The summed E-state index contributed by atoms with van der Waals surface area (Å²) in [4.78, 5) is 14.2. The van der Waals surface area contributed by atoms with Gasteiger partial charge in [0, 0.05) is 13.1 Å². The van der Waals surface area contributed by atoms with Gasteiger partial charge < -0.3 is 10.0 Å². The molecule has 1 amide bonds. The molecule has 0 radical (unpaired) electrons. The average Bonchev–Trinajstić information content (AvgIpc) is 2.67. The summed E-state index contributed by atoms with van der Waals surface area (Å²) in [5.74, 6) is 0.402. The quantitative estimate of drug-likeness (QED) is 0.830. The number of amides is 1. The predicted octanol–water partition coefficient (Wildman–Crippen LogP) is 3.51. The topological polar surface area (TPSA) is 40.5 Å². The minimum absolute atomic E-state index is 0.0767. The van der Waals surface area contributed by atoms with Gasteiger partial charge in [0.05, 0.1) is 19.2 Å². The first-order chi connectivity index (χ1) is 8.49. The summed E-state index contributed by atoms with van der Waals surface area (Å²) < 4.78 is 1.83. The second kappa shape index (κ2) is 6.03. The SMILES string of the molecule is CC(O)C1CCN(C(=O)c2cc(Br)sc2Br)CC1. The Morgan fingerprint density at radius 3 is 2.56 bits per heavy atom. The van der Waals surface area contributed by atoms with Crippen molar-refractivity contribution in [2.45, 2.75) is 25.9 Å². The van der Waals surface area contributed by atoms with Crippen molar-refractivity contribution in [3.8, 4) is 0 Å². The van der Waals surface area contributed by atoms with E-state index in [-0.39, 0.29) is 12.0 Å². The number of carbonyl (C=O) groups excluding carboxylic acids is 1. The van der Waals surface area contributed by atoms with E-state index in [1.807, 2.05) is 17.9 Å². The van der Waals surface area contributed by atoms with Crippen molar-refractivity contribution in [2.24, 2.45) is 5.92 Å². The summed E-state index contributed by atoms with van der Waals surface area (Å²) >= 11 is 8.32. The summed E-state index contributed by atoms with van der Waals surface area (Å²) in [6.45, 7) is 3.29. The van der Waals surface area contributed by atoms with E-state index in [1.54, 1.807) is 0 Å². The highest BCUT2D eigenvalue weighted by Crippen LogP contribution is 2.33. The predicted molar refractivity (Wildman–Crippen MR) is 80.0 cm³/mol. The molecule has 0 bridgehead atoms. The van der Waals surface area contributed by atoms with Crippen molar-refractivity contribution in [3.63, 3.8) is 0 Å². The molecule has 18 heavy (non-hydrogen) atoms. The number of aliphatic hydroxyl groups is 1. The number of likely N-dealkylation sites (tertiary alicyclic amines) is 1. The molecule has 2 heterocycles. The number of hydrogen-bond donors (Lipinski definition) is 1. The van der Waals surface area contributed by atoms with Gasteiger partial charge in [-0.05, 0) is 63.6 Å². The highest BCUT2D eigenvalue weighted by Gasteiger charge is 2.27. The minimum Gasteiger partial charge on any atom is -0.393 e. The lowest BCUT2D eigenvalue weighted by Gasteiger charge is -2.33. The first-order valence-corrected chi connectivity index (χ1v) is 8.31. The van der Waals surface area contributed by atoms with Gasteiger partial charge in [-0.3, -0.25) is 4.79 Å². The lowest BCUT2D eigenvalue weighted by atomic mass is 9.92. The fourth-order valence-electron chi connectivity index (χ4n) is 2.24.